The van der Waals surface area contributed by atoms with Gasteiger partial charge in [-0.25, -0.2) is 8.78 Å². The molecule has 2 rings (SSSR count). The zero-order chi connectivity index (χ0) is 15.2. The first-order valence-electron chi connectivity index (χ1n) is 6.62. The molecule has 0 fully saturated rings. The van der Waals surface area contributed by atoms with Crippen LogP contribution in [0.4, 0.5) is 14.5 Å². The van der Waals surface area contributed by atoms with E-state index < -0.39 is 30.1 Å². The van der Waals surface area contributed by atoms with E-state index in [0.29, 0.717) is 6.07 Å². The molecule has 0 unspecified atom stereocenters. The Morgan fingerprint density at radius 3 is 2.81 bits per heavy atom. The molecule has 4 nitrogen and oxygen atoms in total. The van der Waals surface area contributed by atoms with Crippen LogP contribution in [0, 0.1) is 17.6 Å². The normalized spacial score (nSPS) is 16.8. The van der Waals surface area contributed by atoms with Crippen LogP contribution in [0.3, 0.4) is 0 Å². The number of anilines is 1. The summed E-state index contributed by atoms with van der Waals surface area (Å²) < 4.78 is 30.8. The minimum Gasteiger partial charge on any atom is -0.456 e. The van der Waals surface area contributed by atoms with Crippen molar-refractivity contribution in [1.82, 2.24) is 0 Å². The molecule has 112 valence electrons. The molecule has 0 saturated carbocycles. The maximum Gasteiger partial charge on any atom is 0.306 e. The highest BCUT2D eigenvalue weighted by Crippen LogP contribution is 2.20. The fraction of sp³-hybridized carbons (Fsp3) is 0.333. The highest BCUT2D eigenvalue weighted by atomic mass is 19.1. The number of carbonyl (C=O) groups is 2. The van der Waals surface area contributed by atoms with Crippen molar-refractivity contribution in [3.05, 3.63) is 42.0 Å². The molecule has 1 N–H and O–H groups in total. The van der Waals surface area contributed by atoms with Crippen LogP contribution >= 0.6 is 0 Å². The number of rotatable bonds is 5. The van der Waals surface area contributed by atoms with Crippen molar-refractivity contribution < 1.29 is 23.1 Å². The number of halogens is 2. The van der Waals surface area contributed by atoms with Gasteiger partial charge in [0.15, 0.2) is 6.61 Å². The summed E-state index contributed by atoms with van der Waals surface area (Å²) in [5, 5.41) is 2.21. The van der Waals surface area contributed by atoms with Crippen molar-refractivity contribution in [1.29, 1.82) is 0 Å². The van der Waals surface area contributed by atoms with Crippen LogP contribution in [0.15, 0.2) is 30.4 Å². The number of nitrogens with one attached hydrogen (secondary N) is 1. The molecule has 1 aromatic rings. The summed E-state index contributed by atoms with van der Waals surface area (Å²) in [6.45, 7) is -0.494. The number of carbonyl (C=O) groups excluding carboxylic acids is 2. The smallest absolute Gasteiger partial charge is 0.306 e. The van der Waals surface area contributed by atoms with Gasteiger partial charge in [0.05, 0.1) is 12.1 Å². The fourth-order valence-corrected chi connectivity index (χ4v) is 2.06. The van der Waals surface area contributed by atoms with Gasteiger partial charge in [0.25, 0.3) is 5.91 Å². The molecule has 1 aromatic carbocycles. The van der Waals surface area contributed by atoms with Crippen molar-refractivity contribution in [2.45, 2.75) is 19.3 Å². The van der Waals surface area contributed by atoms with Gasteiger partial charge in [-0.05, 0) is 30.9 Å². The Bertz CT molecular complexity index is 572. The Kier molecular flexibility index (Phi) is 5.03. The van der Waals surface area contributed by atoms with Gasteiger partial charge in [-0.3, -0.25) is 9.59 Å². The van der Waals surface area contributed by atoms with Crippen molar-refractivity contribution >= 4 is 17.6 Å². The first kappa shape index (κ1) is 15.2. The lowest BCUT2D eigenvalue weighted by molar-refractivity contribution is -0.147. The monoisotopic (exact) mass is 295 g/mol. The van der Waals surface area contributed by atoms with Crippen molar-refractivity contribution in [3.63, 3.8) is 0 Å². The first-order chi connectivity index (χ1) is 10.0. The van der Waals surface area contributed by atoms with E-state index in [9.17, 15) is 18.4 Å². The van der Waals surface area contributed by atoms with Gasteiger partial charge in [-0.2, -0.15) is 0 Å². The Hall–Kier alpha value is -2.24. The van der Waals surface area contributed by atoms with E-state index in [2.05, 4.69) is 5.32 Å². The minimum absolute atomic E-state index is 0.156. The van der Waals surface area contributed by atoms with Crippen LogP contribution in [0.5, 0.6) is 0 Å². The van der Waals surface area contributed by atoms with E-state index in [0.717, 1.165) is 25.0 Å². The van der Waals surface area contributed by atoms with Gasteiger partial charge in [0.1, 0.15) is 11.6 Å². The van der Waals surface area contributed by atoms with E-state index in [1.807, 2.05) is 12.2 Å². The highest BCUT2D eigenvalue weighted by molar-refractivity contribution is 5.92. The molecular weight excluding hydrogens is 280 g/mol. The molecule has 0 spiro atoms. The van der Waals surface area contributed by atoms with Crippen molar-refractivity contribution in [2.75, 3.05) is 11.9 Å². The average Bonchev–Trinajstić information content (AvgIpc) is 2.92. The fourth-order valence-electron chi connectivity index (χ4n) is 2.06. The third kappa shape index (κ3) is 4.66. The van der Waals surface area contributed by atoms with Crippen LogP contribution in [0.2, 0.25) is 0 Å². The molecule has 1 atom stereocenters. The van der Waals surface area contributed by atoms with Crippen LogP contribution in [-0.2, 0) is 14.3 Å². The lowest BCUT2D eigenvalue weighted by Crippen LogP contribution is -2.22. The van der Waals surface area contributed by atoms with E-state index in [1.165, 1.54) is 0 Å². The summed E-state index contributed by atoms with van der Waals surface area (Å²) >= 11 is 0. The standard InChI is InChI=1S/C15H15F2NO3/c16-11-5-6-13(12(17)8-11)18-14(19)9-21-15(20)7-10-3-1-2-4-10/h1,3,5-6,8,10H,2,4,7,9H2,(H,18,19)/t10-/m1/s1. The third-order valence-electron chi connectivity index (χ3n) is 3.11. The number of benzene rings is 1. The lowest BCUT2D eigenvalue weighted by Gasteiger charge is -2.09. The number of amides is 1. The molecule has 0 aliphatic heterocycles. The summed E-state index contributed by atoms with van der Waals surface area (Å²) in [5.74, 6) is -2.60. The van der Waals surface area contributed by atoms with Crippen molar-refractivity contribution in [3.8, 4) is 0 Å². The van der Waals surface area contributed by atoms with Crippen LogP contribution in [0.1, 0.15) is 19.3 Å². The largest absolute Gasteiger partial charge is 0.456 e. The second-order valence-corrected chi connectivity index (χ2v) is 4.80. The zero-order valence-corrected chi connectivity index (χ0v) is 11.3. The van der Waals surface area contributed by atoms with Gasteiger partial charge in [-0.1, -0.05) is 12.2 Å². The first-order valence-corrected chi connectivity index (χ1v) is 6.62. The molecule has 1 aliphatic rings. The molecule has 1 aliphatic carbocycles. The quantitative estimate of drug-likeness (QED) is 0.671. The van der Waals surface area contributed by atoms with E-state index in [-0.39, 0.29) is 18.0 Å². The molecule has 0 radical (unpaired) electrons. The van der Waals surface area contributed by atoms with Gasteiger partial charge in [-0.15, -0.1) is 0 Å². The second kappa shape index (κ2) is 6.97. The van der Waals surface area contributed by atoms with Gasteiger partial charge >= 0.3 is 5.97 Å². The molecule has 21 heavy (non-hydrogen) atoms. The molecule has 0 heterocycles. The van der Waals surface area contributed by atoms with Gasteiger partial charge in [0, 0.05) is 6.07 Å². The SMILES string of the molecule is O=C(COC(=O)C[C@@H]1C=CCC1)Nc1ccc(F)cc1F. The average molecular weight is 295 g/mol. The Labute approximate surface area is 120 Å². The predicted molar refractivity (Wildman–Crippen MR) is 72.4 cm³/mol. The summed E-state index contributed by atoms with van der Waals surface area (Å²) in [6.07, 6.45) is 6.04. The van der Waals surface area contributed by atoms with E-state index in [1.54, 1.807) is 0 Å². The number of hydrogen-bond donors (Lipinski definition) is 1. The number of allylic oxidation sites excluding steroid dienone is 2. The summed E-state index contributed by atoms with van der Waals surface area (Å²) in [5.41, 5.74) is -0.156. The molecule has 0 aromatic heterocycles. The predicted octanol–water partition coefficient (Wildman–Crippen LogP) is 2.80. The Balaban J connectivity index is 1.76. The topological polar surface area (TPSA) is 55.4 Å². The second-order valence-electron chi connectivity index (χ2n) is 4.80. The number of esters is 1. The van der Waals surface area contributed by atoms with Crippen molar-refractivity contribution in [2.24, 2.45) is 5.92 Å². The zero-order valence-electron chi connectivity index (χ0n) is 11.3. The molecule has 0 saturated heterocycles. The summed E-state index contributed by atoms with van der Waals surface area (Å²) in [6, 6.07) is 2.79. The molecule has 6 heteroatoms. The van der Waals surface area contributed by atoms with Gasteiger partial charge < -0.3 is 10.1 Å². The number of ether oxygens (including phenoxy) is 1. The van der Waals surface area contributed by atoms with Gasteiger partial charge in [0.2, 0.25) is 0 Å². The summed E-state index contributed by atoms with van der Waals surface area (Å²) in [4.78, 5) is 23.0. The van der Waals surface area contributed by atoms with E-state index in [4.69, 9.17) is 4.74 Å². The van der Waals surface area contributed by atoms with Crippen LogP contribution in [0.25, 0.3) is 0 Å². The Morgan fingerprint density at radius 2 is 2.14 bits per heavy atom. The lowest BCUT2D eigenvalue weighted by atomic mass is 10.1. The van der Waals surface area contributed by atoms with Crippen LogP contribution in [-0.4, -0.2) is 18.5 Å². The Morgan fingerprint density at radius 1 is 1.33 bits per heavy atom. The minimum atomic E-state index is -0.884. The number of hydrogen-bond acceptors (Lipinski definition) is 3. The van der Waals surface area contributed by atoms with Crippen LogP contribution < -0.4 is 5.32 Å². The highest BCUT2D eigenvalue weighted by Gasteiger charge is 2.16. The molecular formula is C15H15F2NO3. The maximum atomic E-state index is 13.3. The molecule has 0 bridgehead atoms. The third-order valence-corrected chi connectivity index (χ3v) is 3.11. The van der Waals surface area contributed by atoms with E-state index >= 15 is 0 Å². The molecule has 1 amide bonds. The maximum absolute atomic E-state index is 13.3. The summed E-state index contributed by atoms with van der Waals surface area (Å²) in [7, 11) is 0.